The lowest BCUT2D eigenvalue weighted by Gasteiger charge is -2.25. The minimum absolute atomic E-state index is 0.0686. The summed E-state index contributed by atoms with van der Waals surface area (Å²) in [7, 11) is 0. The number of benzene rings is 2. The van der Waals surface area contributed by atoms with E-state index in [2.05, 4.69) is 22.4 Å². The van der Waals surface area contributed by atoms with E-state index in [0.29, 0.717) is 0 Å². The van der Waals surface area contributed by atoms with Gasteiger partial charge >= 0.3 is 0 Å². The third-order valence-corrected chi connectivity index (χ3v) is 6.09. The molecule has 1 amide bonds. The first-order valence-electron chi connectivity index (χ1n) is 7.85. The topological polar surface area (TPSA) is 42.0 Å². The van der Waals surface area contributed by atoms with Crippen LogP contribution in [0.5, 0.6) is 0 Å². The van der Waals surface area contributed by atoms with Crippen molar-refractivity contribution in [2.45, 2.75) is 17.4 Å². The van der Waals surface area contributed by atoms with Gasteiger partial charge in [0.1, 0.15) is 5.01 Å². The SMILES string of the molecule is O=C(/C=C/c1nc2ccccc2s1)N[C@H]1CCSc2ccccc21. The highest BCUT2D eigenvalue weighted by atomic mass is 32.2. The summed E-state index contributed by atoms with van der Waals surface area (Å²) in [6.45, 7) is 0. The molecule has 1 aliphatic heterocycles. The number of carbonyl (C=O) groups is 1. The van der Waals surface area contributed by atoms with E-state index in [9.17, 15) is 4.79 Å². The van der Waals surface area contributed by atoms with Gasteiger partial charge < -0.3 is 5.32 Å². The summed E-state index contributed by atoms with van der Waals surface area (Å²) < 4.78 is 1.13. The van der Waals surface area contributed by atoms with Crippen LogP contribution in [-0.2, 0) is 4.79 Å². The number of thiazole rings is 1. The molecule has 2 aromatic carbocycles. The molecule has 0 radical (unpaired) electrons. The zero-order valence-corrected chi connectivity index (χ0v) is 14.6. The number of hydrogen-bond acceptors (Lipinski definition) is 4. The van der Waals surface area contributed by atoms with Gasteiger partial charge in [-0.25, -0.2) is 4.98 Å². The lowest BCUT2D eigenvalue weighted by Crippen LogP contribution is -2.29. The number of para-hydroxylation sites is 1. The van der Waals surface area contributed by atoms with Crippen LogP contribution in [0.1, 0.15) is 23.0 Å². The van der Waals surface area contributed by atoms with Gasteiger partial charge in [-0.3, -0.25) is 4.79 Å². The molecule has 0 aliphatic carbocycles. The zero-order valence-electron chi connectivity index (χ0n) is 12.9. The second-order valence-electron chi connectivity index (χ2n) is 5.59. The molecule has 1 N–H and O–H groups in total. The Labute approximate surface area is 148 Å². The van der Waals surface area contributed by atoms with Crippen molar-refractivity contribution >= 4 is 45.3 Å². The van der Waals surface area contributed by atoms with Crippen molar-refractivity contribution in [2.75, 3.05) is 5.75 Å². The van der Waals surface area contributed by atoms with E-state index in [0.717, 1.165) is 27.4 Å². The van der Waals surface area contributed by atoms with E-state index in [-0.39, 0.29) is 11.9 Å². The van der Waals surface area contributed by atoms with Crippen LogP contribution < -0.4 is 5.32 Å². The lowest BCUT2D eigenvalue weighted by atomic mass is 10.0. The van der Waals surface area contributed by atoms with Crippen LogP contribution in [0.4, 0.5) is 0 Å². The summed E-state index contributed by atoms with van der Waals surface area (Å²) in [5, 5.41) is 3.97. The quantitative estimate of drug-likeness (QED) is 0.697. The first-order valence-corrected chi connectivity index (χ1v) is 9.66. The summed E-state index contributed by atoms with van der Waals surface area (Å²) in [5.41, 5.74) is 2.19. The average molecular weight is 352 g/mol. The van der Waals surface area contributed by atoms with Crippen molar-refractivity contribution in [1.29, 1.82) is 0 Å². The van der Waals surface area contributed by atoms with Crippen molar-refractivity contribution < 1.29 is 4.79 Å². The van der Waals surface area contributed by atoms with Gasteiger partial charge in [0, 0.05) is 16.7 Å². The maximum Gasteiger partial charge on any atom is 0.244 e. The van der Waals surface area contributed by atoms with Crippen LogP contribution in [-0.4, -0.2) is 16.6 Å². The smallest absolute Gasteiger partial charge is 0.244 e. The number of carbonyl (C=O) groups excluding carboxylic acids is 1. The number of amides is 1. The Hall–Kier alpha value is -2.11. The first-order chi connectivity index (χ1) is 11.8. The van der Waals surface area contributed by atoms with Crippen LogP contribution in [0.2, 0.25) is 0 Å². The molecule has 0 saturated carbocycles. The first kappa shape index (κ1) is 15.4. The number of aromatic nitrogens is 1. The van der Waals surface area contributed by atoms with Gasteiger partial charge in [-0.1, -0.05) is 30.3 Å². The van der Waals surface area contributed by atoms with Crippen molar-refractivity contribution in [3.05, 3.63) is 65.2 Å². The molecule has 0 fully saturated rings. The van der Waals surface area contributed by atoms with Gasteiger partial charge in [-0.15, -0.1) is 23.1 Å². The summed E-state index contributed by atoms with van der Waals surface area (Å²) in [5.74, 6) is 0.963. The van der Waals surface area contributed by atoms with E-state index in [1.807, 2.05) is 48.2 Å². The zero-order chi connectivity index (χ0) is 16.4. The normalized spacial score (nSPS) is 17.1. The number of thioether (sulfide) groups is 1. The molecule has 0 unspecified atom stereocenters. The lowest BCUT2D eigenvalue weighted by molar-refractivity contribution is -0.117. The highest BCUT2D eigenvalue weighted by Gasteiger charge is 2.21. The molecule has 5 heteroatoms. The largest absolute Gasteiger partial charge is 0.346 e. The molecule has 3 aromatic rings. The fraction of sp³-hybridized carbons (Fsp3) is 0.158. The van der Waals surface area contributed by atoms with E-state index >= 15 is 0 Å². The molecular formula is C19H16N2OS2. The maximum atomic E-state index is 12.3. The van der Waals surface area contributed by atoms with Gasteiger partial charge in [0.05, 0.1) is 16.3 Å². The van der Waals surface area contributed by atoms with Crippen LogP contribution in [0.3, 0.4) is 0 Å². The van der Waals surface area contributed by atoms with Gasteiger partial charge in [0.25, 0.3) is 0 Å². The molecule has 120 valence electrons. The number of fused-ring (bicyclic) bond motifs is 2. The van der Waals surface area contributed by atoms with Gasteiger partial charge in [-0.2, -0.15) is 0 Å². The molecule has 0 bridgehead atoms. The Morgan fingerprint density at radius 3 is 2.92 bits per heavy atom. The highest BCUT2D eigenvalue weighted by Crippen LogP contribution is 2.35. The maximum absolute atomic E-state index is 12.3. The number of rotatable bonds is 3. The number of nitrogens with zero attached hydrogens (tertiary/aromatic N) is 1. The molecule has 4 rings (SSSR count). The fourth-order valence-corrected chi connectivity index (χ4v) is 4.82. The van der Waals surface area contributed by atoms with Crippen molar-refractivity contribution in [2.24, 2.45) is 0 Å². The predicted octanol–water partition coefficient (Wildman–Crippen LogP) is 4.66. The number of hydrogen-bond donors (Lipinski definition) is 1. The second kappa shape index (κ2) is 6.79. The highest BCUT2D eigenvalue weighted by molar-refractivity contribution is 7.99. The Balaban J connectivity index is 1.47. The second-order valence-corrected chi connectivity index (χ2v) is 7.79. The third-order valence-electron chi connectivity index (χ3n) is 3.96. The van der Waals surface area contributed by atoms with E-state index in [1.54, 1.807) is 23.5 Å². The monoisotopic (exact) mass is 352 g/mol. The van der Waals surface area contributed by atoms with E-state index in [4.69, 9.17) is 0 Å². The van der Waals surface area contributed by atoms with E-state index in [1.165, 1.54) is 10.5 Å². The molecule has 1 aliphatic rings. The summed E-state index contributed by atoms with van der Waals surface area (Å²) in [6.07, 6.45) is 4.34. The minimum atomic E-state index is -0.0686. The molecule has 0 saturated heterocycles. The third kappa shape index (κ3) is 3.23. The van der Waals surface area contributed by atoms with Crippen LogP contribution in [0.25, 0.3) is 16.3 Å². The Kier molecular flexibility index (Phi) is 4.36. The van der Waals surface area contributed by atoms with Crippen molar-refractivity contribution in [3.8, 4) is 0 Å². The Bertz CT molecular complexity index is 883. The molecule has 2 heterocycles. The van der Waals surface area contributed by atoms with Gasteiger partial charge in [0.15, 0.2) is 0 Å². The standard InChI is InChI=1S/C19H16N2OS2/c22-18(9-10-19-21-15-6-2-4-8-17(15)24-19)20-14-11-12-23-16-7-3-1-5-13(14)16/h1-10,14H,11-12H2,(H,20,22)/b10-9+/t14-/m0/s1. The van der Waals surface area contributed by atoms with Crippen LogP contribution >= 0.6 is 23.1 Å². The molecule has 3 nitrogen and oxygen atoms in total. The van der Waals surface area contributed by atoms with Crippen LogP contribution in [0.15, 0.2) is 59.5 Å². The van der Waals surface area contributed by atoms with Gasteiger partial charge in [0.2, 0.25) is 5.91 Å². The Morgan fingerprint density at radius 2 is 2.00 bits per heavy atom. The van der Waals surface area contributed by atoms with E-state index < -0.39 is 0 Å². The van der Waals surface area contributed by atoms with Crippen molar-refractivity contribution in [3.63, 3.8) is 0 Å². The fourth-order valence-electron chi connectivity index (χ4n) is 2.82. The molecule has 0 spiro atoms. The molecule has 1 atom stereocenters. The van der Waals surface area contributed by atoms with Gasteiger partial charge in [-0.05, 0) is 36.3 Å². The molecule has 24 heavy (non-hydrogen) atoms. The minimum Gasteiger partial charge on any atom is -0.346 e. The molecule has 1 aromatic heterocycles. The average Bonchev–Trinajstić information content (AvgIpc) is 3.03. The summed E-state index contributed by atoms with van der Waals surface area (Å²) >= 11 is 3.45. The van der Waals surface area contributed by atoms with Crippen LogP contribution in [0, 0.1) is 0 Å². The summed E-state index contributed by atoms with van der Waals surface area (Å²) in [6, 6.07) is 16.4. The number of nitrogens with one attached hydrogen (secondary N) is 1. The van der Waals surface area contributed by atoms with Crippen molar-refractivity contribution in [1.82, 2.24) is 10.3 Å². The molecular weight excluding hydrogens is 336 g/mol. The predicted molar refractivity (Wildman–Crippen MR) is 101 cm³/mol. The Morgan fingerprint density at radius 1 is 1.17 bits per heavy atom. The summed E-state index contributed by atoms with van der Waals surface area (Å²) in [4.78, 5) is 18.1.